The second-order valence-electron chi connectivity index (χ2n) is 5.02. The SMILES string of the molecule is COC(=O)C(c1c([N+](=O)[O-])cn2c1CCCC2)S(C)(=O)=O. The first kappa shape index (κ1) is 15.5. The molecule has 21 heavy (non-hydrogen) atoms. The third kappa shape index (κ3) is 2.78. The Hall–Kier alpha value is -1.90. The third-order valence-corrected chi connectivity index (χ3v) is 4.86. The normalized spacial score (nSPS) is 16.1. The Bertz CT molecular complexity index is 691. The summed E-state index contributed by atoms with van der Waals surface area (Å²) in [7, 11) is -2.82. The van der Waals surface area contributed by atoms with Crippen LogP contribution in [-0.2, 0) is 32.3 Å². The lowest BCUT2D eigenvalue weighted by atomic mass is 10.0. The van der Waals surface area contributed by atoms with Gasteiger partial charge in [0.1, 0.15) is 0 Å². The van der Waals surface area contributed by atoms with E-state index < -0.39 is 26.0 Å². The van der Waals surface area contributed by atoms with Crippen molar-refractivity contribution in [2.75, 3.05) is 13.4 Å². The first-order chi connectivity index (χ1) is 9.77. The zero-order valence-corrected chi connectivity index (χ0v) is 12.6. The molecule has 2 rings (SSSR count). The van der Waals surface area contributed by atoms with E-state index in [4.69, 9.17) is 0 Å². The standard InChI is InChI=1S/C12H16N2O6S/c1-20-12(15)11(21(2,18)19)10-8-5-3-4-6-13(8)7-9(10)14(16)17/h7,11H,3-6H2,1-2H3. The van der Waals surface area contributed by atoms with E-state index in [-0.39, 0.29) is 11.3 Å². The van der Waals surface area contributed by atoms with Crippen LogP contribution in [0.15, 0.2) is 6.20 Å². The number of aryl methyl sites for hydroxylation is 1. The van der Waals surface area contributed by atoms with Crippen molar-refractivity contribution in [3.63, 3.8) is 0 Å². The molecule has 9 heteroatoms. The van der Waals surface area contributed by atoms with E-state index in [1.54, 1.807) is 4.57 Å². The van der Waals surface area contributed by atoms with Crippen molar-refractivity contribution in [1.29, 1.82) is 0 Å². The molecule has 0 aliphatic carbocycles. The highest BCUT2D eigenvalue weighted by atomic mass is 32.2. The number of aromatic nitrogens is 1. The maximum Gasteiger partial charge on any atom is 0.328 e. The molecule has 1 aromatic rings. The smallest absolute Gasteiger partial charge is 0.328 e. The van der Waals surface area contributed by atoms with Gasteiger partial charge >= 0.3 is 5.97 Å². The van der Waals surface area contributed by atoms with Gasteiger partial charge in [0, 0.05) is 18.5 Å². The number of esters is 1. The molecule has 1 unspecified atom stereocenters. The monoisotopic (exact) mass is 316 g/mol. The largest absolute Gasteiger partial charge is 0.468 e. The number of nitro groups is 1. The molecule has 0 aromatic carbocycles. The molecule has 1 aliphatic rings. The van der Waals surface area contributed by atoms with Crippen LogP contribution in [0.5, 0.6) is 0 Å². The molecule has 0 bridgehead atoms. The lowest BCUT2D eigenvalue weighted by Crippen LogP contribution is -2.25. The Labute approximate surface area is 121 Å². The van der Waals surface area contributed by atoms with Crippen LogP contribution in [0.4, 0.5) is 5.69 Å². The molecule has 0 amide bonds. The van der Waals surface area contributed by atoms with Gasteiger partial charge in [0.2, 0.25) is 0 Å². The van der Waals surface area contributed by atoms with E-state index in [1.165, 1.54) is 6.20 Å². The van der Waals surface area contributed by atoms with Crippen LogP contribution in [0.2, 0.25) is 0 Å². The summed E-state index contributed by atoms with van der Waals surface area (Å²) in [4.78, 5) is 22.5. The average molecular weight is 316 g/mol. The molecule has 0 fully saturated rings. The van der Waals surface area contributed by atoms with Gasteiger partial charge in [-0.1, -0.05) is 0 Å². The van der Waals surface area contributed by atoms with Crippen molar-refractivity contribution in [3.05, 3.63) is 27.6 Å². The summed E-state index contributed by atoms with van der Waals surface area (Å²) in [6.07, 6.45) is 4.36. The number of sulfone groups is 1. The summed E-state index contributed by atoms with van der Waals surface area (Å²) in [5, 5.41) is 9.57. The number of carbonyl (C=O) groups excluding carboxylic acids is 1. The van der Waals surface area contributed by atoms with Gasteiger partial charge in [-0.3, -0.25) is 14.9 Å². The van der Waals surface area contributed by atoms with Gasteiger partial charge in [0.25, 0.3) is 5.69 Å². The van der Waals surface area contributed by atoms with Crippen LogP contribution in [-0.4, -0.2) is 37.2 Å². The van der Waals surface area contributed by atoms with Crippen molar-refractivity contribution in [1.82, 2.24) is 4.57 Å². The molecule has 116 valence electrons. The van der Waals surface area contributed by atoms with Crippen molar-refractivity contribution in [2.24, 2.45) is 0 Å². The molecule has 2 heterocycles. The summed E-state index contributed by atoms with van der Waals surface area (Å²) < 4.78 is 30.1. The highest BCUT2D eigenvalue weighted by Crippen LogP contribution is 2.38. The number of ether oxygens (including phenoxy) is 1. The predicted octanol–water partition coefficient (Wildman–Crippen LogP) is 0.991. The first-order valence-electron chi connectivity index (χ1n) is 6.40. The highest BCUT2D eigenvalue weighted by molar-refractivity contribution is 7.91. The summed E-state index contributed by atoms with van der Waals surface area (Å²) in [6.45, 7) is 0.577. The van der Waals surface area contributed by atoms with E-state index in [9.17, 15) is 23.3 Å². The van der Waals surface area contributed by atoms with Crippen LogP contribution >= 0.6 is 0 Å². The van der Waals surface area contributed by atoms with Crippen molar-refractivity contribution in [2.45, 2.75) is 31.1 Å². The summed E-state index contributed by atoms with van der Waals surface area (Å²) in [5.41, 5.74) is 0.149. The van der Waals surface area contributed by atoms with Crippen LogP contribution in [0, 0.1) is 10.1 Å². The Morgan fingerprint density at radius 1 is 1.48 bits per heavy atom. The molecular formula is C12H16N2O6S. The van der Waals surface area contributed by atoms with Gasteiger partial charge in [-0.2, -0.15) is 0 Å². The average Bonchev–Trinajstić information content (AvgIpc) is 2.77. The molecular weight excluding hydrogens is 300 g/mol. The summed E-state index contributed by atoms with van der Waals surface area (Å²) in [6, 6.07) is 0. The fraction of sp³-hybridized carbons (Fsp3) is 0.583. The van der Waals surface area contributed by atoms with Crippen LogP contribution in [0.1, 0.15) is 29.3 Å². The van der Waals surface area contributed by atoms with Gasteiger partial charge in [-0.25, -0.2) is 8.42 Å². The molecule has 1 atom stereocenters. The van der Waals surface area contributed by atoms with E-state index in [1.807, 2.05) is 0 Å². The van der Waals surface area contributed by atoms with Gasteiger partial charge < -0.3 is 9.30 Å². The fourth-order valence-corrected chi connectivity index (χ4v) is 3.83. The van der Waals surface area contributed by atoms with Gasteiger partial charge in [-0.15, -0.1) is 0 Å². The van der Waals surface area contributed by atoms with Crippen LogP contribution in [0.25, 0.3) is 0 Å². The van der Waals surface area contributed by atoms with Gasteiger partial charge in [-0.05, 0) is 19.3 Å². The van der Waals surface area contributed by atoms with E-state index in [0.717, 1.165) is 26.2 Å². The molecule has 0 radical (unpaired) electrons. The zero-order valence-electron chi connectivity index (χ0n) is 11.7. The number of methoxy groups -OCH3 is 1. The minimum Gasteiger partial charge on any atom is -0.468 e. The summed E-state index contributed by atoms with van der Waals surface area (Å²) in [5.74, 6) is -1.000. The second kappa shape index (κ2) is 5.47. The number of nitrogens with zero attached hydrogens (tertiary/aromatic N) is 2. The molecule has 0 spiro atoms. The fourth-order valence-electron chi connectivity index (χ4n) is 2.69. The second-order valence-corrected chi connectivity index (χ2v) is 7.15. The predicted molar refractivity (Wildman–Crippen MR) is 73.6 cm³/mol. The molecule has 0 saturated carbocycles. The number of fused-ring (bicyclic) bond motifs is 1. The lowest BCUT2D eigenvalue weighted by Gasteiger charge is -2.18. The van der Waals surface area contributed by atoms with E-state index in [0.29, 0.717) is 18.7 Å². The number of hydrogen-bond donors (Lipinski definition) is 0. The number of rotatable bonds is 4. The topological polar surface area (TPSA) is 109 Å². The Morgan fingerprint density at radius 2 is 2.14 bits per heavy atom. The van der Waals surface area contributed by atoms with E-state index in [2.05, 4.69) is 4.74 Å². The minimum atomic E-state index is -3.88. The van der Waals surface area contributed by atoms with Gasteiger partial charge in [0.05, 0.1) is 23.8 Å². The molecule has 1 aromatic heterocycles. The maximum absolute atomic E-state index is 12.0. The minimum absolute atomic E-state index is 0.0472. The maximum atomic E-state index is 12.0. The number of hydrogen-bond acceptors (Lipinski definition) is 6. The molecule has 0 saturated heterocycles. The number of carbonyl (C=O) groups is 1. The van der Waals surface area contributed by atoms with Crippen molar-refractivity contribution < 1.29 is 22.9 Å². The quantitative estimate of drug-likeness (QED) is 0.465. The lowest BCUT2D eigenvalue weighted by molar-refractivity contribution is -0.385. The van der Waals surface area contributed by atoms with E-state index >= 15 is 0 Å². The summed E-state index contributed by atoms with van der Waals surface area (Å²) >= 11 is 0. The zero-order chi connectivity index (χ0) is 15.8. The van der Waals surface area contributed by atoms with Crippen molar-refractivity contribution in [3.8, 4) is 0 Å². The molecule has 8 nitrogen and oxygen atoms in total. The Morgan fingerprint density at radius 3 is 2.67 bits per heavy atom. The van der Waals surface area contributed by atoms with Gasteiger partial charge in [0.15, 0.2) is 15.1 Å². The Balaban J connectivity index is 2.72. The van der Waals surface area contributed by atoms with Crippen LogP contribution < -0.4 is 0 Å². The van der Waals surface area contributed by atoms with Crippen molar-refractivity contribution >= 4 is 21.5 Å². The molecule has 1 aliphatic heterocycles. The third-order valence-electron chi connectivity index (χ3n) is 3.58. The highest BCUT2D eigenvalue weighted by Gasteiger charge is 2.41. The molecule has 0 N–H and O–H groups in total. The first-order valence-corrected chi connectivity index (χ1v) is 8.35. The Kier molecular flexibility index (Phi) is 4.04. The van der Waals surface area contributed by atoms with Crippen LogP contribution in [0.3, 0.4) is 0 Å².